The molecule has 0 aliphatic heterocycles. The van der Waals surface area contributed by atoms with Crippen LogP contribution in [0.15, 0.2) is 18.5 Å². The molecule has 5 nitrogen and oxygen atoms in total. The maximum atomic E-state index is 4.13. The van der Waals surface area contributed by atoms with Gasteiger partial charge in [0, 0.05) is 7.05 Å². The number of aromatic nitrogens is 4. The van der Waals surface area contributed by atoms with Gasteiger partial charge in [0.2, 0.25) is 0 Å². The summed E-state index contributed by atoms with van der Waals surface area (Å²) < 4.78 is 1.62. The van der Waals surface area contributed by atoms with Gasteiger partial charge in [0.15, 0.2) is 5.65 Å². The lowest BCUT2D eigenvalue weighted by Crippen LogP contribution is -1.96. The topological polar surface area (TPSA) is 55.1 Å². The van der Waals surface area contributed by atoms with Crippen molar-refractivity contribution in [3.63, 3.8) is 0 Å². The van der Waals surface area contributed by atoms with Crippen LogP contribution in [0.25, 0.3) is 5.65 Å². The molecular formula is C8H13N5. The normalized spacial score (nSPS) is 9.15. The number of nitrogens with zero attached hydrogens (tertiary/aromatic N) is 4. The molecule has 0 fully saturated rings. The van der Waals surface area contributed by atoms with Crippen LogP contribution < -0.4 is 5.32 Å². The molecule has 0 atom stereocenters. The summed E-state index contributed by atoms with van der Waals surface area (Å²) in [7, 11) is 1.82. The summed E-state index contributed by atoms with van der Waals surface area (Å²) in [6.45, 7) is 4.00. The molecule has 0 saturated heterocycles. The van der Waals surface area contributed by atoms with Gasteiger partial charge in [0.25, 0.3) is 0 Å². The summed E-state index contributed by atoms with van der Waals surface area (Å²) in [6.07, 6.45) is 1.57. The van der Waals surface area contributed by atoms with Crippen LogP contribution in [0.3, 0.4) is 0 Å². The first-order valence-electron chi connectivity index (χ1n) is 4.25. The van der Waals surface area contributed by atoms with Gasteiger partial charge in [-0.2, -0.15) is 4.52 Å². The Morgan fingerprint density at radius 2 is 2.08 bits per heavy atom. The molecule has 13 heavy (non-hydrogen) atoms. The van der Waals surface area contributed by atoms with Crippen molar-refractivity contribution in [2.75, 3.05) is 12.4 Å². The molecule has 0 aliphatic carbocycles. The zero-order valence-corrected chi connectivity index (χ0v) is 8.02. The molecule has 2 heterocycles. The predicted octanol–water partition coefficient (Wildman–Crippen LogP) is 1.19. The molecule has 0 aromatic carbocycles. The van der Waals surface area contributed by atoms with E-state index in [0.29, 0.717) is 0 Å². The lowest BCUT2D eigenvalue weighted by Gasteiger charge is -1.96. The zero-order chi connectivity index (χ0) is 9.68. The van der Waals surface area contributed by atoms with E-state index < -0.39 is 0 Å². The van der Waals surface area contributed by atoms with Gasteiger partial charge >= 0.3 is 0 Å². The van der Waals surface area contributed by atoms with E-state index in [4.69, 9.17) is 0 Å². The number of fused-ring (bicyclic) bond motifs is 1. The summed E-state index contributed by atoms with van der Waals surface area (Å²) in [5.41, 5.74) is 0.754. The highest BCUT2D eigenvalue weighted by Gasteiger charge is 1.95. The first kappa shape index (κ1) is 9.44. The average Bonchev–Trinajstić information content (AvgIpc) is 2.67. The van der Waals surface area contributed by atoms with Crippen molar-refractivity contribution in [2.24, 2.45) is 0 Å². The van der Waals surface area contributed by atoms with Crippen molar-refractivity contribution in [2.45, 2.75) is 13.8 Å². The number of hydrogen-bond acceptors (Lipinski definition) is 4. The van der Waals surface area contributed by atoms with E-state index in [9.17, 15) is 0 Å². The van der Waals surface area contributed by atoms with Crippen LogP contribution in [0.2, 0.25) is 0 Å². The minimum absolute atomic E-state index is 0.754. The number of rotatable bonds is 1. The SMILES string of the molecule is CC.CNc1ccc2nncn2n1. The molecule has 5 heteroatoms. The fourth-order valence-corrected chi connectivity index (χ4v) is 0.862. The van der Waals surface area contributed by atoms with Crippen molar-refractivity contribution >= 4 is 11.5 Å². The highest BCUT2D eigenvalue weighted by atomic mass is 15.4. The molecule has 0 radical (unpaired) electrons. The summed E-state index contributed by atoms with van der Waals surface area (Å²) >= 11 is 0. The highest BCUT2D eigenvalue weighted by molar-refractivity contribution is 5.42. The highest BCUT2D eigenvalue weighted by Crippen LogP contribution is 2.01. The Balaban J connectivity index is 0.000000396. The molecule has 2 aromatic heterocycles. The van der Waals surface area contributed by atoms with Gasteiger partial charge in [-0.15, -0.1) is 15.3 Å². The van der Waals surface area contributed by atoms with E-state index in [0.717, 1.165) is 11.5 Å². The average molecular weight is 179 g/mol. The van der Waals surface area contributed by atoms with Crippen molar-refractivity contribution < 1.29 is 0 Å². The monoisotopic (exact) mass is 179 g/mol. The first-order chi connectivity index (χ1) is 6.40. The van der Waals surface area contributed by atoms with E-state index in [2.05, 4.69) is 20.6 Å². The molecule has 70 valence electrons. The van der Waals surface area contributed by atoms with E-state index in [1.54, 1.807) is 10.8 Å². The molecule has 0 unspecified atom stereocenters. The Kier molecular flexibility index (Phi) is 3.19. The Hall–Kier alpha value is -1.65. The molecule has 1 N–H and O–H groups in total. The fourth-order valence-electron chi connectivity index (χ4n) is 0.862. The third-order valence-electron chi connectivity index (χ3n) is 1.42. The zero-order valence-electron chi connectivity index (χ0n) is 8.02. The standard InChI is InChI=1S/C6H7N5.C2H6/c1-7-5-2-3-6-9-8-4-11(6)10-5;1-2/h2-4H,1H3,(H,7,10);1-2H3. The van der Waals surface area contributed by atoms with E-state index in [1.807, 2.05) is 33.0 Å². The number of hydrogen-bond donors (Lipinski definition) is 1. The minimum atomic E-state index is 0.754. The summed E-state index contributed by atoms with van der Waals surface area (Å²) in [6, 6.07) is 3.70. The Morgan fingerprint density at radius 1 is 1.31 bits per heavy atom. The van der Waals surface area contributed by atoms with Crippen molar-refractivity contribution in [3.8, 4) is 0 Å². The van der Waals surface area contributed by atoms with Crippen LogP contribution in [-0.2, 0) is 0 Å². The van der Waals surface area contributed by atoms with Crippen LogP contribution in [0.1, 0.15) is 13.8 Å². The van der Waals surface area contributed by atoms with Crippen LogP contribution in [0.5, 0.6) is 0 Å². The van der Waals surface area contributed by atoms with E-state index in [1.165, 1.54) is 0 Å². The maximum Gasteiger partial charge on any atom is 0.177 e. The Morgan fingerprint density at radius 3 is 2.77 bits per heavy atom. The van der Waals surface area contributed by atoms with Gasteiger partial charge in [0.1, 0.15) is 12.1 Å². The quantitative estimate of drug-likeness (QED) is 0.714. The van der Waals surface area contributed by atoms with Crippen LogP contribution in [0, 0.1) is 0 Å². The second-order valence-corrected chi connectivity index (χ2v) is 2.10. The second-order valence-electron chi connectivity index (χ2n) is 2.10. The number of anilines is 1. The summed E-state index contributed by atoms with van der Waals surface area (Å²) in [5, 5.41) is 14.6. The number of nitrogens with one attached hydrogen (secondary N) is 1. The van der Waals surface area contributed by atoms with E-state index >= 15 is 0 Å². The third-order valence-corrected chi connectivity index (χ3v) is 1.42. The van der Waals surface area contributed by atoms with Gasteiger partial charge in [-0.1, -0.05) is 13.8 Å². The minimum Gasteiger partial charge on any atom is -0.372 e. The molecule has 2 aromatic rings. The molecule has 0 bridgehead atoms. The van der Waals surface area contributed by atoms with Crippen molar-refractivity contribution in [1.82, 2.24) is 19.8 Å². The smallest absolute Gasteiger partial charge is 0.177 e. The lowest BCUT2D eigenvalue weighted by atomic mass is 10.5. The van der Waals surface area contributed by atoms with Gasteiger partial charge in [-0.05, 0) is 12.1 Å². The van der Waals surface area contributed by atoms with Crippen LogP contribution in [-0.4, -0.2) is 26.9 Å². The van der Waals surface area contributed by atoms with Crippen LogP contribution >= 0.6 is 0 Å². The molecule has 0 amide bonds. The predicted molar refractivity (Wildman–Crippen MR) is 51.7 cm³/mol. The van der Waals surface area contributed by atoms with E-state index in [-0.39, 0.29) is 0 Å². The van der Waals surface area contributed by atoms with Crippen molar-refractivity contribution in [1.29, 1.82) is 0 Å². The largest absolute Gasteiger partial charge is 0.372 e. The van der Waals surface area contributed by atoms with Gasteiger partial charge in [-0.3, -0.25) is 0 Å². The van der Waals surface area contributed by atoms with Gasteiger partial charge in [-0.25, -0.2) is 0 Å². The summed E-state index contributed by atoms with van der Waals surface area (Å²) in [4.78, 5) is 0. The van der Waals surface area contributed by atoms with Gasteiger partial charge < -0.3 is 5.32 Å². The maximum absolute atomic E-state index is 4.13. The third kappa shape index (κ3) is 1.93. The fraction of sp³-hybridized carbons (Fsp3) is 0.375. The van der Waals surface area contributed by atoms with Crippen LogP contribution in [0.4, 0.5) is 5.82 Å². The summed E-state index contributed by atoms with van der Waals surface area (Å²) in [5.74, 6) is 0.803. The molecular weight excluding hydrogens is 166 g/mol. The molecule has 0 aliphatic rings. The molecule has 2 rings (SSSR count). The molecule has 0 saturated carbocycles. The Labute approximate surface area is 76.8 Å². The lowest BCUT2D eigenvalue weighted by molar-refractivity contribution is 0.929. The second kappa shape index (κ2) is 4.39. The Bertz CT molecular complexity index is 367. The van der Waals surface area contributed by atoms with Gasteiger partial charge in [0.05, 0.1) is 0 Å². The first-order valence-corrected chi connectivity index (χ1v) is 4.25. The van der Waals surface area contributed by atoms with Crippen molar-refractivity contribution in [3.05, 3.63) is 18.5 Å². The molecule has 0 spiro atoms.